The number of nitrogens with zero attached hydrogens (tertiary/aromatic N) is 5. The van der Waals surface area contributed by atoms with Crippen molar-refractivity contribution in [1.29, 1.82) is 0 Å². The molecule has 8 heteroatoms. The molecular formula is C12H15ClN6O. The summed E-state index contributed by atoms with van der Waals surface area (Å²) in [6.45, 7) is 7.07. The van der Waals surface area contributed by atoms with Crippen molar-refractivity contribution in [2.24, 2.45) is 0 Å². The number of aryl methyl sites for hydroxylation is 1. The third kappa shape index (κ3) is 2.88. The van der Waals surface area contributed by atoms with Gasteiger partial charge in [-0.1, -0.05) is 17.7 Å². The van der Waals surface area contributed by atoms with E-state index < -0.39 is 0 Å². The number of hydrogen-bond donors (Lipinski definition) is 1. The Bertz CT molecular complexity index is 662. The van der Waals surface area contributed by atoms with Crippen LogP contribution in [-0.4, -0.2) is 24.5 Å². The number of hydrogen-bond acceptors (Lipinski definition) is 5. The molecule has 0 aliphatic carbocycles. The molecule has 0 aliphatic heterocycles. The molecule has 0 saturated carbocycles. The summed E-state index contributed by atoms with van der Waals surface area (Å²) in [5.74, 6) is 0.763. The largest absolute Gasteiger partial charge is 0.375 e. The molecule has 0 radical (unpaired) electrons. The molecule has 0 amide bonds. The van der Waals surface area contributed by atoms with Crippen molar-refractivity contribution < 1.29 is 0 Å². The molecule has 2 rings (SSSR count). The summed E-state index contributed by atoms with van der Waals surface area (Å²) in [5.41, 5.74) is 0.121. The summed E-state index contributed by atoms with van der Waals surface area (Å²) in [5, 5.41) is 15.0. The van der Waals surface area contributed by atoms with E-state index in [-0.39, 0.29) is 10.6 Å². The first kappa shape index (κ1) is 14.3. The first-order valence-corrected chi connectivity index (χ1v) is 6.52. The van der Waals surface area contributed by atoms with Gasteiger partial charge in [0.2, 0.25) is 0 Å². The summed E-state index contributed by atoms with van der Waals surface area (Å²) in [7, 11) is 0. The first-order chi connectivity index (χ1) is 9.67. The van der Waals surface area contributed by atoms with Crippen LogP contribution in [0.25, 0.3) is 0 Å². The average Bonchev–Trinajstić information content (AvgIpc) is 2.91. The summed E-state index contributed by atoms with van der Waals surface area (Å²) in [6, 6.07) is 0. The van der Waals surface area contributed by atoms with Gasteiger partial charge in [0.05, 0.1) is 25.0 Å². The second kappa shape index (κ2) is 6.33. The second-order valence-electron chi connectivity index (χ2n) is 4.03. The SMILES string of the molecule is C=CCn1ncc(NCc2nncn2CC)c(Cl)c1=O. The van der Waals surface area contributed by atoms with E-state index in [0.717, 1.165) is 12.4 Å². The molecule has 2 aromatic heterocycles. The van der Waals surface area contributed by atoms with Gasteiger partial charge in [-0.05, 0) is 6.92 Å². The van der Waals surface area contributed by atoms with Crippen LogP contribution in [0.1, 0.15) is 12.7 Å². The van der Waals surface area contributed by atoms with Gasteiger partial charge in [0, 0.05) is 6.54 Å². The van der Waals surface area contributed by atoms with E-state index >= 15 is 0 Å². The van der Waals surface area contributed by atoms with Crippen molar-refractivity contribution in [1.82, 2.24) is 24.5 Å². The van der Waals surface area contributed by atoms with Gasteiger partial charge in [0.25, 0.3) is 5.56 Å². The van der Waals surface area contributed by atoms with Crippen LogP contribution in [-0.2, 0) is 19.6 Å². The molecular weight excluding hydrogens is 280 g/mol. The molecule has 0 fully saturated rings. The van der Waals surface area contributed by atoms with Crippen LogP contribution in [0.2, 0.25) is 5.02 Å². The quantitative estimate of drug-likeness (QED) is 0.813. The molecule has 2 aromatic rings. The highest BCUT2D eigenvalue weighted by Crippen LogP contribution is 2.15. The Morgan fingerprint density at radius 1 is 1.55 bits per heavy atom. The molecule has 106 valence electrons. The molecule has 0 saturated heterocycles. The van der Waals surface area contributed by atoms with Crippen LogP contribution in [0.15, 0.2) is 30.0 Å². The third-order valence-electron chi connectivity index (χ3n) is 2.76. The maximum Gasteiger partial charge on any atom is 0.287 e. The Balaban J connectivity index is 2.16. The van der Waals surface area contributed by atoms with E-state index in [9.17, 15) is 4.79 Å². The molecule has 0 aromatic carbocycles. The normalized spacial score (nSPS) is 10.5. The molecule has 1 N–H and O–H groups in total. The van der Waals surface area contributed by atoms with Crippen LogP contribution in [0, 0.1) is 0 Å². The highest BCUT2D eigenvalue weighted by Gasteiger charge is 2.09. The Hall–Kier alpha value is -2.15. The zero-order valence-electron chi connectivity index (χ0n) is 11.1. The molecule has 0 bridgehead atoms. The standard InChI is InChI=1S/C12H15ClN6O/c1-3-5-19-12(20)11(13)9(6-16-19)14-7-10-17-15-8-18(10)4-2/h3,6,8,14H,1,4-5,7H2,2H3. The van der Waals surface area contributed by atoms with Crippen LogP contribution in [0.4, 0.5) is 5.69 Å². The number of rotatable bonds is 6. The number of allylic oxidation sites excluding steroid dienone is 1. The maximum absolute atomic E-state index is 11.9. The van der Waals surface area contributed by atoms with E-state index in [4.69, 9.17) is 11.6 Å². The topological polar surface area (TPSA) is 77.6 Å². The van der Waals surface area contributed by atoms with E-state index in [1.807, 2.05) is 11.5 Å². The van der Waals surface area contributed by atoms with Crippen molar-refractivity contribution in [2.75, 3.05) is 5.32 Å². The highest BCUT2D eigenvalue weighted by atomic mass is 35.5. The van der Waals surface area contributed by atoms with Crippen molar-refractivity contribution in [2.45, 2.75) is 26.6 Å². The minimum absolute atomic E-state index is 0.101. The average molecular weight is 295 g/mol. The van der Waals surface area contributed by atoms with Gasteiger partial charge in [-0.2, -0.15) is 5.10 Å². The number of halogens is 1. The lowest BCUT2D eigenvalue weighted by atomic mass is 10.4. The van der Waals surface area contributed by atoms with Gasteiger partial charge in [0.1, 0.15) is 11.3 Å². The lowest BCUT2D eigenvalue weighted by Crippen LogP contribution is -2.23. The fourth-order valence-electron chi connectivity index (χ4n) is 1.69. The zero-order valence-corrected chi connectivity index (χ0v) is 11.8. The molecule has 2 heterocycles. The third-order valence-corrected chi connectivity index (χ3v) is 3.13. The van der Waals surface area contributed by atoms with Crippen LogP contribution in [0.5, 0.6) is 0 Å². The van der Waals surface area contributed by atoms with Crippen molar-refractivity contribution in [3.63, 3.8) is 0 Å². The summed E-state index contributed by atoms with van der Waals surface area (Å²) >= 11 is 6.03. The highest BCUT2D eigenvalue weighted by molar-refractivity contribution is 6.32. The Labute approximate surface area is 120 Å². The second-order valence-corrected chi connectivity index (χ2v) is 4.41. The maximum atomic E-state index is 11.9. The first-order valence-electron chi connectivity index (χ1n) is 6.14. The number of anilines is 1. The number of nitrogens with one attached hydrogen (secondary N) is 1. The summed E-state index contributed by atoms with van der Waals surface area (Å²) in [6.07, 6.45) is 4.75. The van der Waals surface area contributed by atoms with Crippen molar-refractivity contribution >= 4 is 17.3 Å². The fourth-order valence-corrected chi connectivity index (χ4v) is 1.91. The molecule has 20 heavy (non-hydrogen) atoms. The van der Waals surface area contributed by atoms with Gasteiger partial charge in [-0.3, -0.25) is 4.79 Å². The monoisotopic (exact) mass is 294 g/mol. The minimum atomic E-state index is -0.353. The predicted molar refractivity (Wildman–Crippen MR) is 76.7 cm³/mol. The fraction of sp³-hybridized carbons (Fsp3) is 0.333. The lowest BCUT2D eigenvalue weighted by Gasteiger charge is -2.09. The Kier molecular flexibility index (Phi) is 4.52. The van der Waals surface area contributed by atoms with Crippen LogP contribution < -0.4 is 10.9 Å². The van der Waals surface area contributed by atoms with Crippen LogP contribution >= 0.6 is 11.6 Å². The Morgan fingerprint density at radius 2 is 2.35 bits per heavy atom. The van der Waals surface area contributed by atoms with E-state index in [1.165, 1.54) is 10.9 Å². The van der Waals surface area contributed by atoms with Gasteiger partial charge in [-0.15, -0.1) is 16.8 Å². The van der Waals surface area contributed by atoms with Crippen molar-refractivity contribution in [3.8, 4) is 0 Å². The van der Waals surface area contributed by atoms with Gasteiger partial charge >= 0.3 is 0 Å². The summed E-state index contributed by atoms with van der Waals surface area (Å²) in [4.78, 5) is 11.9. The molecule has 7 nitrogen and oxygen atoms in total. The van der Waals surface area contributed by atoms with E-state index in [2.05, 4.69) is 27.2 Å². The molecule has 0 aliphatic rings. The predicted octanol–water partition coefficient (Wildman–Crippen LogP) is 1.31. The zero-order chi connectivity index (χ0) is 14.5. The molecule has 0 unspecified atom stereocenters. The molecule has 0 spiro atoms. The number of aromatic nitrogens is 5. The van der Waals surface area contributed by atoms with Gasteiger partial charge in [0.15, 0.2) is 5.82 Å². The Morgan fingerprint density at radius 3 is 3.05 bits per heavy atom. The minimum Gasteiger partial charge on any atom is -0.375 e. The molecule has 0 atom stereocenters. The smallest absolute Gasteiger partial charge is 0.287 e. The lowest BCUT2D eigenvalue weighted by molar-refractivity contribution is 0.652. The summed E-state index contributed by atoms with van der Waals surface area (Å²) < 4.78 is 3.14. The van der Waals surface area contributed by atoms with Crippen molar-refractivity contribution in [3.05, 3.63) is 46.4 Å². The van der Waals surface area contributed by atoms with E-state index in [1.54, 1.807) is 12.4 Å². The van der Waals surface area contributed by atoms with E-state index in [0.29, 0.717) is 18.8 Å². The van der Waals surface area contributed by atoms with Gasteiger partial charge < -0.3 is 9.88 Å². The van der Waals surface area contributed by atoms with Crippen LogP contribution in [0.3, 0.4) is 0 Å². The van der Waals surface area contributed by atoms with Gasteiger partial charge in [-0.25, -0.2) is 4.68 Å².